The number of benzene rings is 1. The van der Waals surface area contributed by atoms with Crippen LogP contribution in [0.25, 0.3) is 0 Å². The molecule has 1 aromatic heterocycles. The largest absolute Gasteiger partial charge is 0.430 e. The second kappa shape index (κ2) is 12.3. The van der Waals surface area contributed by atoms with Gasteiger partial charge in [0.2, 0.25) is 0 Å². The zero-order chi connectivity index (χ0) is 28.1. The molecule has 38 heavy (non-hydrogen) atoms. The van der Waals surface area contributed by atoms with Crippen LogP contribution in [0.2, 0.25) is 5.15 Å². The van der Waals surface area contributed by atoms with Crippen molar-refractivity contribution < 1.29 is 27.9 Å². The van der Waals surface area contributed by atoms with E-state index in [0.717, 1.165) is 38.4 Å². The van der Waals surface area contributed by atoms with Gasteiger partial charge in [0, 0.05) is 39.3 Å². The molecule has 0 bridgehead atoms. The fourth-order valence-corrected chi connectivity index (χ4v) is 4.84. The van der Waals surface area contributed by atoms with E-state index in [-0.39, 0.29) is 17.6 Å². The topological polar surface area (TPSA) is 85.8 Å². The van der Waals surface area contributed by atoms with Crippen LogP contribution in [0, 0.1) is 5.92 Å². The molecule has 11 heteroatoms. The molecular weight excluding hydrogens is 521 g/mol. The van der Waals surface area contributed by atoms with Gasteiger partial charge in [-0.15, -0.1) is 0 Å². The minimum atomic E-state index is -5.16. The molecule has 0 aliphatic carbocycles. The number of amides is 2. The number of pyridine rings is 1. The van der Waals surface area contributed by atoms with Crippen LogP contribution in [0.1, 0.15) is 54.1 Å². The van der Waals surface area contributed by atoms with Gasteiger partial charge in [0.15, 0.2) is 0 Å². The molecular formula is C27H34ClF3N4O3. The third-order valence-corrected chi connectivity index (χ3v) is 7.26. The predicted molar refractivity (Wildman–Crippen MR) is 140 cm³/mol. The number of aliphatic hydroxyl groups is 1. The van der Waals surface area contributed by atoms with Crippen LogP contribution >= 0.6 is 11.6 Å². The van der Waals surface area contributed by atoms with Crippen LogP contribution in [0.4, 0.5) is 19.0 Å². The van der Waals surface area contributed by atoms with Crippen molar-refractivity contribution in [3.05, 3.63) is 58.2 Å². The summed E-state index contributed by atoms with van der Waals surface area (Å²) in [7, 11) is 3.29. The van der Waals surface area contributed by atoms with Gasteiger partial charge in [0.25, 0.3) is 17.4 Å². The Morgan fingerprint density at radius 2 is 1.87 bits per heavy atom. The van der Waals surface area contributed by atoms with Crippen LogP contribution in [-0.4, -0.2) is 66.7 Å². The summed E-state index contributed by atoms with van der Waals surface area (Å²) in [5.74, 6) is -0.652. The summed E-state index contributed by atoms with van der Waals surface area (Å²) < 4.78 is 41.5. The van der Waals surface area contributed by atoms with Crippen LogP contribution < -0.4 is 10.2 Å². The Balaban J connectivity index is 1.50. The van der Waals surface area contributed by atoms with E-state index in [4.69, 9.17) is 11.6 Å². The molecule has 2 N–H and O–H groups in total. The second-order valence-electron chi connectivity index (χ2n) is 9.80. The minimum Gasteiger partial charge on any atom is -0.369 e. The molecule has 0 spiro atoms. The highest BCUT2D eigenvalue weighted by Gasteiger charge is 2.60. The van der Waals surface area contributed by atoms with Gasteiger partial charge in [-0.05, 0) is 55.7 Å². The first kappa shape index (κ1) is 29.7. The number of hydrogen-bond donors (Lipinski definition) is 2. The van der Waals surface area contributed by atoms with E-state index >= 15 is 0 Å². The number of halogens is 4. The number of anilines is 1. The zero-order valence-corrected chi connectivity index (χ0v) is 22.6. The summed E-state index contributed by atoms with van der Waals surface area (Å²) in [6.07, 6.45) is -1.76. The minimum absolute atomic E-state index is 0.0312. The first-order chi connectivity index (χ1) is 17.9. The average Bonchev–Trinajstić information content (AvgIpc) is 2.89. The fourth-order valence-electron chi connectivity index (χ4n) is 4.61. The zero-order valence-electron chi connectivity index (χ0n) is 21.8. The smallest absolute Gasteiger partial charge is 0.369 e. The molecule has 1 saturated heterocycles. The number of carbonyl (C=O) groups is 2. The Morgan fingerprint density at radius 1 is 1.18 bits per heavy atom. The van der Waals surface area contributed by atoms with Gasteiger partial charge in [-0.2, -0.15) is 13.2 Å². The van der Waals surface area contributed by atoms with Crippen molar-refractivity contribution >= 4 is 29.2 Å². The van der Waals surface area contributed by atoms with Crippen LogP contribution in [-0.2, 0) is 16.8 Å². The molecule has 0 unspecified atom stereocenters. The Labute approximate surface area is 226 Å². The van der Waals surface area contributed by atoms with Gasteiger partial charge in [0.05, 0.1) is 5.56 Å². The van der Waals surface area contributed by atoms with Crippen molar-refractivity contribution in [1.82, 2.24) is 15.2 Å². The quantitative estimate of drug-likeness (QED) is 0.350. The van der Waals surface area contributed by atoms with E-state index in [0.29, 0.717) is 35.7 Å². The Morgan fingerprint density at radius 3 is 2.45 bits per heavy atom. The third kappa shape index (κ3) is 6.58. The number of aromatic nitrogens is 1. The maximum Gasteiger partial charge on any atom is 0.430 e. The van der Waals surface area contributed by atoms with Gasteiger partial charge in [-0.3, -0.25) is 9.59 Å². The molecule has 3 rings (SSSR count). The van der Waals surface area contributed by atoms with Crippen molar-refractivity contribution in [2.45, 2.75) is 50.8 Å². The molecule has 1 atom stereocenters. The van der Waals surface area contributed by atoms with E-state index in [1.807, 2.05) is 0 Å². The van der Waals surface area contributed by atoms with Crippen molar-refractivity contribution in [2.75, 3.05) is 38.6 Å². The highest BCUT2D eigenvalue weighted by Crippen LogP contribution is 2.39. The SMILES string of the molecule is CCc1cccc([C@@](O)(C(=O)NCCCC2CCN(c3ccc(C(=O)N(C)C)c(Cl)n3)CC2)C(F)(F)F)c1. The number of piperidine rings is 1. The fraction of sp³-hybridized carbons (Fsp3) is 0.519. The van der Waals surface area contributed by atoms with Crippen molar-refractivity contribution in [3.63, 3.8) is 0 Å². The second-order valence-corrected chi connectivity index (χ2v) is 10.2. The lowest BCUT2D eigenvalue weighted by atomic mass is 9.90. The summed E-state index contributed by atoms with van der Waals surface area (Å²) in [6, 6.07) is 8.84. The number of alkyl halides is 3. The summed E-state index contributed by atoms with van der Waals surface area (Å²) in [5.41, 5.74) is -3.15. The summed E-state index contributed by atoms with van der Waals surface area (Å²) >= 11 is 6.23. The maximum atomic E-state index is 13.8. The lowest BCUT2D eigenvalue weighted by Crippen LogP contribution is -2.54. The van der Waals surface area contributed by atoms with Gasteiger partial charge >= 0.3 is 6.18 Å². The highest BCUT2D eigenvalue weighted by atomic mass is 35.5. The standard InChI is InChI=1S/C27H34ClF3N4O3/c1-4-18-7-5-9-20(17-18)26(38,27(29,30)31)25(37)32-14-6-8-19-12-15-35(16-13-19)22-11-10-21(23(28)33-22)24(36)34(2)3/h5,7,9-11,17,19,38H,4,6,8,12-16H2,1-3H3,(H,32,37)/t26-/m1/s1. The summed E-state index contributed by atoms with van der Waals surface area (Å²) in [4.78, 5) is 32.6. The molecule has 2 aromatic rings. The van der Waals surface area contributed by atoms with E-state index in [9.17, 15) is 27.9 Å². The molecule has 1 fully saturated rings. The normalized spacial score (nSPS) is 16.2. The van der Waals surface area contributed by atoms with Crippen molar-refractivity contribution in [1.29, 1.82) is 0 Å². The predicted octanol–water partition coefficient (Wildman–Crippen LogP) is 4.56. The number of aryl methyl sites for hydroxylation is 1. The lowest BCUT2D eigenvalue weighted by Gasteiger charge is -2.33. The maximum absolute atomic E-state index is 13.8. The molecule has 1 aliphatic rings. The van der Waals surface area contributed by atoms with Gasteiger partial charge < -0.3 is 20.2 Å². The highest BCUT2D eigenvalue weighted by molar-refractivity contribution is 6.32. The van der Waals surface area contributed by atoms with Crippen LogP contribution in [0.3, 0.4) is 0 Å². The number of rotatable bonds is 9. The molecule has 208 valence electrons. The lowest BCUT2D eigenvalue weighted by molar-refractivity contribution is -0.257. The summed E-state index contributed by atoms with van der Waals surface area (Å²) in [5, 5.41) is 13.0. The number of hydrogen-bond acceptors (Lipinski definition) is 5. The van der Waals surface area contributed by atoms with Crippen molar-refractivity contribution in [3.8, 4) is 0 Å². The molecule has 1 aromatic carbocycles. The van der Waals surface area contributed by atoms with E-state index in [1.165, 1.54) is 17.0 Å². The first-order valence-corrected chi connectivity index (χ1v) is 13.1. The van der Waals surface area contributed by atoms with Crippen molar-refractivity contribution in [2.24, 2.45) is 5.92 Å². The van der Waals surface area contributed by atoms with E-state index < -0.39 is 23.2 Å². The van der Waals surface area contributed by atoms with Gasteiger partial charge in [-0.1, -0.05) is 42.8 Å². The number of carbonyl (C=O) groups excluding carboxylic acids is 2. The average molecular weight is 555 g/mol. The number of nitrogens with one attached hydrogen (secondary N) is 1. The Hall–Kier alpha value is -2.85. The van der Waals surface area contributed by atoms with E-state index in [2.05, 4.69) is 15.2 Å². The Bertz CT molecular complexity index is 1140. The number of nitrogens with zero attached hydrogens (tertiary/aromatic N) is 3. The third-order valence-electron chi connectivity index (χ3n) is 6.98. The molecule has 2 heterocycles. The van der Waals surface area contributed by atoms with E-state index in [1.54, 1.807) is 39.2 Å². The molecule has 7 nitrogen and oxygen atoms in total. The molecule has 0 radical (unpaired) electrons. The van der Waals surface area contributed by atoms with Crippen LogP contribution in [0.5, 0.6) is 0 Å². The monoisotopic (exact) mass is 554 g/mol. The molecule has 1 aliphatic heterocycles. The van der Waals surface area contributed by atoms with Gasteiger partial charge in [0.1, 0.15) is 11.0 Å². The molecule has 0 saturated carbocycles. The summed E-state index contributed by atoms with van der Waals surface area (Å²) in [6.45, 7) is 3.27. The van der Waals surface area contributed by atoms with Gasteiger partial charge in [-0.25, -0.2) is 4.98 Å². The Kier molecular flexibility index (Phi) is 9.64. The first-order valence-electron chi connectivity index (χ1n) is 12.7. The molecule has 2 amide bonds. The van der Waals surface area contributed by atoms with Crippen LogP contribution in [0.15, 0.2) is 36.4 Å².